The Kier molecular flexibility index (Phi) is 3.55. The molecule has 2 N–H and O–H groups in total. The van der Waals surface area contributed by atoms with Gasteiger partial charge in [0.1, 0.15) is 17.6 Å². The summed E-state index contributed by atoms with van der Waals surface area (Å²) in [5.41, 5.74) is 0.284. The van der Waals surface area contributed by atoms with Gasteiger partial charge in [-0.25, -0.2) is 0 Å². The largest absolute Gasteiger partial charge is 0.508 e. The van der Waals surface area contributed by atoms with Gasteiger partial charge < -0.3 is 14.9 Å². The van der Waals surface area contributed by atoms with Gasteiger partial charge in [-0.2, -0.15) is 0 Å². The van der Waals surface area contributed by atoms with Crippen LogP contribution in [0.25, 0.3) is 0 Å². The third-order valence-corrected chi connectivity index (χ3v) is 2.84. The number of cyclic esters (lactones) is 1. The molecule has 2 rings (SSSR count). The average Bonchev–Trinajstić information content (AvgIpc) is 2.26. The van der Waals surface area contributed by atoms with Crippen molar-refractivity contribution in [3.8, 4) is 11.5 Å². The minimum absolute atomic E-state index is 0.0283. The summed E-state index contributed by atoms with van der Waals surface area (Å²) in [6.07, 6.45) is 2.89. The highest BCUT2D eigenvalue weighted by Gasteiger charge is 2.20. The van der Waals surface area contributed by atoms with E-state index in [1.54, 1.807) is 13.0 Å². The van der Waals surface area contributed by atoms with E-state index in [1.807, 2.05) is 0 Å². The van der Waals surface area contributed by atoms with E-state index >= 15 is 0 Å². The van der Waals surface area contributed by atoms with E-state index in [9.17, 15) is 19.8 Å². The van der Waals surface area contributed by atoms with Crippen molar-refractivity contribution in [3.63, 3.8) is 0 Å². The first-order valence-corrected chi connectivity index (χ1v) is 5.92. The zero-order valence-corrected chi connectivity index (χ0v) is 10.4. The number of esters is 1. The lowest BCUT2D eigenvalue weighted by atomic mass is 9.98. The molecule has 0 aliphatic carbocycles. The number of ether oxygens (including phenoxy) is 1. The fourth-order valence-electron chi connectivity index (χ4n) is 2.01. The summed E-state index contributed by atoms with van der Waals surface area (Å²) in [6.45, 7) is 1.73. The van der Waals surface area contributed by atoms with E-state index in [1.165, 1.54) is 12.1 Å². The number of phenols is 2. The molecule has 0 fully saturated rings. The number of carbonyl (C=O) groups is 2. The van der Waals surface area contributed by atoms with Gasteiger partial charge in [-0.15, -0.1) is 0 Å². The molecule has 5 heteroatoms. The number of aromatic hydroxyl groups is 2. The summed E-state index contributed by atoms with van der Waals surface area (Å²) in [5.74, 6) is -1.44. The van der Waals surface area contributed by atoms with Gasteiger partial charge in [0, 0.05) is 12.5 Å². The lowest BCUT2D eigenvalue weighted by Gasteiger charge is -2.15. The van der Waals surface area contributed by atoms with Crippen LogP contribution in [0.3, 0.4) is 0 Å². The molecule has 0 spiro atoms. The fraction of sp³-hybridized carbons (Fsp3) is 0.286. The van der Waals surface area contributed by atoms with E-state index in [0.717, 1.165) is 6.07 Å². The molecule has 1 aliphatic heterocycles. The summed E-state index contributed by atoms with van der Waals surface area (Å²) < 4.78 is 5.13. The van der Waals surface area contributed by atoms with Crippen molar-refractivity contribution in [1.29, 1.82) is 0 Å². The van der Waals surface area contributed by atoms with Crippen LogP contribution in [0.15, 0.2) is 24.3 Å². The van der Waals surface area contributed by atoms with Gasteiger partial charge in [0.25, 0.3) is 0 Å². The van der Waals surface area contributed by atoms with Crippen LogP contribution >= 0.6 is 0 Å². The molecule has 0 unspecified atom stereocenters. The molecule has 1 aromatic rings. The van der Waals surface area contributed by atoms with E-state index in [0.29, 0.717) is 6.42 Å². The zero-order valence-electron chi connectivity index (χ0n) is 10.4. The van der Waals surface area contributed by atoms with Crippen LogP contribution < -0.4 is 0 Å². The van der Waals surface area contributed by atoms with Crippen molar-refractivity contribution in [1.82, 2.24) is 0 Å². The standard InChI is InChI=1S/C14H14O5/c1-8-3-2-4-11(16)14-9(6-13(18)19-8)5-10(15)7-12(14)17/h2,4-5,7-8,15,17H,3,6H2,1H3/t8-/m0/s1. The van der Waals surface area contributed by atoms with Crippen LogP contribution in [0.5, 0.6) is 11.5 Å². The van der Waals surface area contributed by atoms with Crippen LogP contribution in [0.2, 0.25) is 0 Å². The van der Waals surface area contributed by atoms with Gasteiger partial charge >= 0.3 is 5.97 Å². The Morgan fingerprint density at radius 3 is 2.74 bits per heavy atom. The minimum Gasteiger partial charge on any atom is -0.508 e. The molecule has 0 aromatic heterocycles. The molecule has 1 heterocycles. The zero-order chi connectivity index (χ0) is 14.0. The minimum atomic E-state index is -0.498. The van der Waals surface area contributed by atoms with Crippen molar-refractivity contribution in [3.05, 3.63) is 35.4 Å². The molecule has 100 valence electrons. The summed E-state index contributed by atoms with van der Waals surface area (Å²) in [7, 11) is 0. The fourth-order valence-corrected chi connectivity index (χ4v) is 2.01. The Hall–Kier alpha value is -2.30. The summed E-state index contributed by atoms with van der Waals surface area (Å²) >= 11 is 0. The molecule has 5 nitrogen and oxygen atoms in total. The lowest BCUT2D eigenvalue weighted by molar-refractivity contribution is -0.147. The smallest absolute Gasteiger partial charge is 0.310 e. The first-order valence-electron chi connectivity index (χ1n) is 5.92. The third-order valence-electron chi connectivity index (χ3n) is 2.84. The van der Waals surface area contributed by atoms with Gasteiger partial charge in [-0.05, 0) is 24.6 Å². The van der Waals surface area contributed by atoms with Crippen LogP contribution in [0.1, 0.15) is 29.3 Å². The van der Waals surface area contributed by atoms with Crippen LogP contribution in [-0.2, 0) is 16.0 Å². The maximum absolute atomic E-state index is 12.0. The van der Waals surface area contributed by atoms with E-state index in [-0.39, 0.29) is 35.2 Å². The van der Waals surface area contributed by atoms with E-state index in [2.05, 4.69) is 0 Å². The topological polar surface area (TPSA) is 83.8 Å². The second-order valence-electron chi connectivity index (χ2n) is 4.48. The van der Waals surface area contributed by atoms with Crippen molar-refractivity contribution >= 4 is 11.8 Å². The van der Waals surface area contributed by atoms with E-state index < -0.39 is 11.8 Å². The van der Waals surface area contributed by atoms with Gasteiger partial charge in [0.2, 0.25) is 0 Å². The number of benzene rings is 1. The molecular formula is C14H14O5. The number of phenolic OH excluding ortho intramolecular Hbond substituents is 2. The number of hydrogen-bond acceptors (Lipinski definition) is 5. The average molecular weight is 262 g/mol. The number of fused-ring (bicyclic) bond motifs is 1. The molecule has 1 aromatic carbocycles. The Morgan fingerprint density at radius 1 is 1.26 bits per heavy atom. The molecule has 0 radical (unpaired) electrons. The second kappa shape index (κ2) is 5.14. The van der Waals surface area contributed by atoms with Crippen molar-refractivity contribution < 1.29 is 24.5 Å². The van der Waals surface area contributed by atoms with Crippen LogP contribution in [0.4, 0.5) is 0 Å². The molecule has 0 bridgehead atoms. The Bertz CT molecular complexity index is 559. The van der Waals surface area contributed by atoms with Crippen molar-refractivity contribution in [2.75, 3.05) is 0 Å². The lowest BCUT2D eigenvalue weighted by Crippen LogP contribution is -2.18. The number of carbonyl (C=O) groups excluding carboxylic acids is 2. The second-order valence-corrected chi connectivity index (χ2v) is 4.48. The van der Waals surface area contributed by atoms with Crippen LogP contribution in [0, 0.1) is 0 Å². The highest BCUT2D eigenvalue weighted by Crippen LogP contribution is 2.29. The quantitative estimate of drug-likeness (QED) is 0.695. The Labute approximate surface area is 110 Å². The predicted octanol–water partition coefficient (Wildman–Crippen LogP) is 1.71. The van der Waals surface area contributed by atoms with Gasteiger partial charge in [-0.1, -0.05) is 6.08 Å². The third kappa shape index (κ3) is 2.93. The predicted molar refractivity (Wildman–Crippen MR) is 67.1 cm³/mol. The summed E-state index contributed by atoms with van der Waals surface area (Å²) in [6, 6.07) is 2.36. The molecule has 1 aliphatic rings. The molecular weight excluding hydrogens is 248 g/mol. The number of hydrogen-bond donors (Lipinski definition) is 2. The molecule has 0 amide bonds. The first-order chi connectivity index (χ1) is 8.97. The van der Waals surface area contributed by atoms with Gasteiger partial charge in [-0.3, -0.25) is 9.59 Å². The summed E-state index contributed by atoms with van der Waals surface area (Å²) in [5, 5.41) is 19.2. The van der Waals surface area contributed by atoms with Crippen LogP contribution in [-0.4, -0.2) is 28.1 Å². The van der Waals surface area contributed by atoms with Gasteiger partial charge in [0.05, 0.1) is 12.0 Å². The number of rotatable bonds is 0. The number of allylic oxidation sites excluding steroid dienone is 1. The molecule has 19 heavy (non-hydrogen) atoms. The maximum atomic E-state index is 12.0. The highest BCUT2D eigenvalue weighted by atomic mass is 16.5. The van der Waals surface area contributed by atoms with E-state index in [4.69, 9.17) is 4.74 Å². The molecule has 0 saturated heterocycles. The Balaban J connectivity index is 2.52. The Morgan fingerprint density at radius 2 is 2.00 bits per heavy atom. The monoisotopic (exact) mass is 262 g/mol. The normalized spacial score (nSPS) is 19.7. The van der Waals surface area contributed by atoms with Crippen molar-refractivity contribution in [2.45, 2.75) is 25.9 Å². The summed E-state index contributed by atoms with van der Waals surface area (Å²) in [4.78, 5) is 23.7. The highest BCUT2D eigenvalue weighted by molar-refractivity contribution is 6.08. The van der Waals surface area contributed by atoms with Crippen molar-refractivity contribution in [2.24, 2.45) is 0 Å². The molecule has 0 saturated carbocycles. The number of ketones is 1. The first kappa shape index (κ1) is 13.1. The SMILES string of the molecule is C[C@H]1CC=CC(=O)c2c(O)cc(O)cc2CC(=O)O1. The molecule has 1 atom stereocenters. The van der Waals surface area contributed by atoms with Gasteiger partial charge in [0.15, 0.2) is 5.78 Å². The maximum Gasteiger partial charge on any atom is 0.310 e.